The highest BCUT2D eigenvalue weighted by Gasteiger charge is 2.32. The zero-order valence-electron chi connectivity index (χ0n) is 20.0. The van der Waals surface area contributed by atoms with Gasteiger partial charge in [0.05, 0.1) is 13.0 Å². The second-order valence-electron chi connectivity index (χ2n) is 8.86. The Hall–Kier alpha value is -4.14. The number of hydrogen-bond donors (Lipinski definition) is 0. The van der Waals surface area contributed by atoms with Gasteiger partial charge >= 0.3 is 5.97 Å². The molecule has 36 heavy (non-hydrogen) atoms. The zero-order chi connectivity index (χ0) is 25.1. The van der Waals surface area contributed by atoms with Crippen LogP contribution in [-0.2, 0) is 35.5 Å². The summed E-state index contributed by atoms with van der Waals surface area (Å²) in [7, 11) is 1.29. The minimum Gasteiger partial charge on any atom is -0.492 e. The van der Waals surface area contributed by atoms with Gasteiger partial charge in [-0.3, -0.25) is 14.6 Å². The molecule has 1 atom stereocenters. The Bertz CT molecular complexity index is 1340. The first kappa shape index (κ1) is 23.6. The average Bonchev–Trinajstić information content (AvgIpc) is 3.15. The molecule has 1 aromatic carbocycles. The zero-order valence-corrected chi connectivity index (χ0v) is 20.0. The van der Waals surface area contributed by atoms with Crippen molar-refractivity contribution in [3.63, 3.8) is 0 Å². The Balaban J connectivity index is 1.38. The number of aromatic nitrogens is 2. The van der Waals surface area contributed by atoms with Gasteiger partial charge < -0.3 is 23.7 Å². The topological polar surface area (TPSA) is 100.0 Å². The van der Waals surface area contributed by atoms with E-state index in [0.29, 0.717) is 38.2 Å². The van der Waals surface area contributed by atoms with Gasteiger partial charge in [-0.1, -0.05) is 24.3 Å². The number of pyridine rings is 2. The lowest BCUT2D eigenvalue weighted by atomic mass is 9.95. The summed E-state index contributed by atoms with van der Waals surface area (Å²) in [5, 5.41) is 0. The average molecular weight is 490 g/mol. The Kier molecular flexibility index (Phi) is 6.71. The van der Waals surface area contributed by atoms with Crippen LogP contribution in [0.4, 0.5) is 0 Å². The number of hydrogen-bond acceptors (Lipinski definition) is 7. The van der Waals surface area contributed by atoms with E-state index in [2.05, 4.69) is 4.98 Å². The summed E-state index contributed by atoms with van der Waals surface area (Å²) < 4.78 is 18.3. The number of methoxy groups -OCH3 is 1. The number of carbonyl (C=O) groups is 2. The second kappa shape index (κ2) is 10.2. The normalized spacial score (nSPS) is 16.7. The molecule has 9 nitrogen and oxygen atoms in total. The molecule has 0 fully saturated rings. The number of rotatable bonds is 5. The number of para-hydroxylation sites is 1. The minimum atomic E-state index is -0.586. The van der Waals surface area contributed by atoms with Crippen molar-refractivity contribution in [3.05, 3.63) is 87.6 Å². The van der Waals surface area contributed by atoms with Crippen LogP contribution in [0.3, 0.4) is 0 Å². The van der Waals surface area contributed by atoms with E-state index >= 15 is 0 Å². The van der Waals surface area contributed by atoms with Crippen molar-refractivity contribution in [1.29, 1.82) is 0 Å². The predicted molar refractivity (Wildman–Crippen MR) is 130 cm³/mol. The molecule has 0 saturated heterocycles. The maximum Gasteiger partial charge on any atom is 0.343 e. The van der Waals surface area contributed by atoms with Gasteiger partial charge in [-0.15, -0.1) is 0 Å². The van der Waals surface area contributed by atoms with Gasteiger partial charge in [0.1, 0.15) is 30.3 Å². The molecule has 9 heteroatoms. The van der Waals surface area contributed by atoms with Crippen LogP contribution in [0.25, 0.3) is 0 Å². The van der Waals surface area contributed by atoms with Crippen LogP contribution in [0.2, 0.25) is 0 Å². The van der Waals surface area contributed by atoms with E-state index in [0.717, 1.165) is 16.9 Å². The number of esters is 1. The molecular formula is C27H27N3O6. The monoisotopic (exact) mass is 489 g/mol. The summed E-state index contributed by atoms with van der Waals surface area (Å²) in [6.07, 6.45) is 4.24. The number of benzene rings is 1. The third kappa shape index (κ3) is 4.68. The van der Waals surface area contributed by atoms with Crippen LogP contribution in [0.15, 0.2) is 59.7 Å². The van der Waals surface area contributed by atoms with E-state index < -0.39 is 5.97 Å². The predicted octanol–water partition coefficient (Wildman–Crippen LogP) is 2.24. The van der Waals surface area contributed by atoms with Gasteiger partial charge in [-0.25, -0.2) is 4.79 Å². The lowest BCUT2D eigenvalue weighted by Gasteiger charge is -2.29. The Labute approximate surface area is 208 Å². The van der Waals surface area contributed by atoms with E-state index in [1.54, 1.807) is 27.9 Å². The van der Waals surface area contributed by atoms with Crippen LogP contribution < -0.4 is 15.0 Å². The molecule has 5 rings (SSSR count). The van der Waals surface area contributed by atoms with Crippen molar-refractivity contribution in [2.24, 2.45) is 5.92 Å². The van der Waals surface area contributed by atoms with Crippen molar-refractivity contribution in [3.8, 4) is 11.5 Å². The highest BCUT2D eigenvalue weighted by molar-refractivity contribution is 5.93. The summed E-state index contributed by atoms with van der Waals surface area (Å²) in [4.78, 5) is 45.0. The van der Waals surface area contributed by atoms with Crippen LogP contribution in [0.5, 0.6) is 11.5 Å². The largest absolute Gasteiger partial charge is 0.492 e. The molecule has 4 heterocycles. The summed E-state index contributed by atoms with van der Waals surface area (Å²) >= 11 is 0. The fourth-order valence-corrected chi connectivity index (χ4v) is 4.80. The maximum atomic E-state index is 13.4. The third-order valence-electron chi connectivity index (χ3n) is 6.64. The van der Waals surface area contributed by atoms with E-state index in [1.165, 1.54) is 13.2 Å². The maximum absolute atomic E-state index is 13.4. The van der Waals surface area contributed by atoms with Crippen molar-refractivity contribution in [2.45, 2.75) is 26.0 Å². The SMILES string of the molecule is COC(=O)c1c(OCc2cccnc2)cc(=O)n2c1CCN(C(=O)[C@@H]1COc3ccccc3C1)CC2. The molecule has 2 aromatic heterocycles. The summed E-state index contributed by atoms with van der Waals surface area (Å²) in [5.74, 6) is 0.0863. The van der Waals surface area contributed by atoms with Gasteiger partial charge in [-0.2, -0.15) is 0 Å². The first-order valence-electron chi connectivity index (χ1n) is 11.9. The van der Waals surface area contributed by atoms with Crippen molar-refractivity contribution in [1.82, 2.24) is 14.5 Å². The quantitative estimate of drug-likeness (QED) is 0.507. The molecule has 0 unspecified atom stereocenters. The van der Waals surface area contributed by atoms with Gasteiger partial charge in [-0.05, 0) is 24.1 Å². The number of carbonyl (C=O) groups excluding carboxylic acids is 2. The van der Waals surface area contributed by atoms with Crippen LogP contribution in [0.1, 0.15) is 27.2 Å². The molecule has 186 valence electrons. The van der Waals surface area contributed by atoms with Gasteiger partial charge in [0.25, 0.3) is 5.56 Å². The van der Waals surface area contributed by atoms with E-state index in [4.69, 9.17) is 14.2 Å². The lowest BCUT2D eigenvalue weighted by Crippen LogP contribution is -2.42. The van der Waals surface area contributed by atoms with Crippen LogP contribution in [-0.4, -0.2) is 53.1 Å². The number of ether oxygens (including phenoxy) is 3. The van der Waals surface area contributed by atoms with Gasteiger partial charge in [0, 0.05) is 55.8 Å². The molecule has 1 amide bonds. The first-order chi connectivity index (χ1) is 17.5. The Morgan fingerprint density at radius 2 is 2.00 bits per heavy atom. The van der Waals surface area contributed by atoms with Crippen molar-refractivity contribution < 1.29 is 23.8 Å². The number of amides is 1. The minimum absolute atomic E-state index is 0.0157. The molecule has 0 bridgehead atoms. The molecule has 0 radical (unpaired) electrons. The van der Waals surface area contributed by atoms with Crippen LogP contribution in [0, 0.1) is 5.92 Å². The summed E-state index contributed by atoms with van der Waals surface area (Å²) in [6, 6.07) is 12.7. The standard InChI is InChI=1S/C27H27N3O6/c1-34-27(33)25-21-8-10-29(26(32)20-13-19-6-2-3-7-22(19)36-17-20)11-12-30(21)24(31)14-23(25)35-16-18-5-4-9-28-15-18/h2-7,9,14-15,20H,8,10-13,16-17H2,1H3/t20-/m0/s1. The molecule has 2 aliphatic rings. The van der Waals surface area contributed by atoms with E-state index in [-0.39, 0.29) is 41.8 Å². The Morgan fingerprint density at radius 3 is 2.81 bits per heavy atom. The van der Waals surface area contributed by atoms with Crippen LogP contribution >= 0.6 is 0 Å². The fourth-order valence-electron chi connectivity index (χ4n) is 4.80. The van der Waals surface area contributed by atoms with Gasteiger partial charge in [0.15, 0.2) is 0 Å². The highest BCUT2D eigenvalue weighted by atomic mass is 16.5. The molecule has 0 N–H and O–H groups in total. The third-order valence-corrected chi connectivity index (χ3v) is 6.64. The smallest absolute Gasteiger partial charge is 0.343 e. The summed E-state index contributed by atoms with van der Waals surface area (Å²) in [5.41, 5.74) is 2.25. The first-order valence-corrected chi connectivity index (χ1v) is 11.9. The molecule has 3 aromatic rings. The number of nitrogens with zero attached hydrogens (tertiary/aromatic N) is 3. The van der Waals surface area contributed by atoms with Crippen molar-refractivity contribution >= 4 is 11.9 Å². The lowest BCUT2D eigenvalue weighted by molar-refractivity contribution is -0.136. The molecule has 0 saturated carbocycles. The molecular weight excluding hydrogens is 462 g/mol. The Morgan fingerprint density at radius 1 is 1.14 bits per heavy atom. The molecule has 2 aliphatic heterocycles. The number of fused-ring (bicyclic) bond motifs is 2. The second-order valence-corrected chi connectivity index (χ2v) is 8.86. The van der Waals surface area contributed by atoms with Gasteiger partial charge in [0.2, 0.25) is 5.91 Å². The fraction of sp³-hybridized carbons (Fsp3) is 0.333. The molecule has 0 aliphatic carbocycles. The molecule has 0 spiro atoms. The summed E-state index contributed by atoms with van der Waals surface area (Å²) in [6.45, 7) is 1.47. The van der Waals surface area contributed by atoms with Crippen molar-refractivity contribution in [2.75, 3.05) is 26.8 Å². The van der Waals surface area contributed by atoms with E-state index in [9.17, 15) is 14.4 Å². The highest BCUT2D eigenvalue weighted by Crippen LogP contribution is 2.29. The van der Waals surface area contributed by atoms with E-state index in [1.807, 2.05) is 30.3 Å².